The molecule has 106 valence electrons. The molecule has 21 heavy (non-hydrogen) atoms. The zero-order valence-electron chi connectivity index (χ0n) is 11.6. The van der Waals surface area contributed by atoms with E-state index in [0.717, 1.165) is 11.4 Å². The van der Waals surface area contributed by atoms with Crippen molar-refractivity contribution < 1.29 is 9.53 Å². The molecule has 2 rings (SSSR count). The predicted octanol–water partition coefficient (Wildman–Crippen LogP) is 2.62. The van der Waals surface area contributed by atoms with Crippen LogP contribution in [0.15, 0.2) is 48.5 Å². The van der Waals surface area contributed by atoms with Gasteiger partial charge in [0.1, 0.15) is 5.75 Å². The van der Waals surface area contributed by atoms with Gasteiger partial charge in [-0.15, -0.1) is 0 Å². The molecule has 5 nitrogen and oxygen atoms in total. The van der Waals surface area contributed by atoms with Gasteiger partial charge in [-0.25, -0.2) is 0 Å². The van der Waals surface area contributed by atoms with Crippen LogP contribution in [0.1, 0.15) is 5.56 Å². The van der Waals surface area contributed by atoms with Gasteiger partial charge in [0, 0.05) is 11.4 Å². The molecular formula is C16H15N3O2. The number of methoxy groups -OCH3 is 1. The second kappa shape index (κ2) is 6.96. The number of amides is 1. The summed E-state index contributed by atoms with van der Waals surface area (Å²) in [6.07, 6.45) is 0. The summed E-state index contributed by atoms with van der Waals surface area (Å²) in [5.41, 5.74) is 1.99. The Labute approximate surface area is 123 Å². The van der Waals surface area contributed by atoms with Crippen LogP contribution in [0.2, 0.25) is 0 Å². The number of nitriles is 1. The normalized spacial score (nSPS) is 9.52. The van der Waals surface area contributed by atoms with Crippen LogP contribution in [0.25, 0.3) is 0 Å². The average Bonchev–Trinajstić information content (AvgIpc) is 2.54. The summed E-state index contributed by atoms with van der Waals surface area (Å²) >= 11 is 0. The van der Waals surface area contributed by atoms with Crippen LogP contribution in [0.3, 0.4) is 0 Å². The van der Waals surface area contributed by atoms with Gasteiger partial charge in [-0.1, -0.05) is 6.07 Å². The fourth-order valence-electron chi connectivity index (χ4n) is 1.76. The van der Waals surface area contributed by atoms with Gasteiger partial charge in [0.05, 0.1) is 25.3 Å². The summed E-state index contributed by atoms with van der Waals surface area (Å²) < 4.78 is 5.05. The topological polar surface area (TPSA) is 74.2 Å². The minimum Gasteiger partial charge on any atom is -0.497 e. The number of nitrogens with zero attached hydrogens (tertiary/aromatic N) is 1. The second-order valence-electron chi connectivity index (χ2n) is 4.32. The van der Waals surface area contributed by atoms with Crippen molar-refractivity contribution >= 4 is 17.3 Å². The maximum atomic E-state index is 11.8. The lowest BCUT2D eigenvalue weighted by molar-refractivity contribution is -0.114. The standard InChI is InChI=1S/C16H15N3O2/c1-21-15-7-5-13(6-8-15)19-16(20)11-18-14-4-2-3-12(9-14)10-17/h2-9,18H,11H2,1H3,(H,19,20). The largest absolute Gasteiger partial charge is 0.497 e. The van der Waals surface area contributed by atoms with Crippen LogP contribution >= 0.6 is 0 Å². The zero-order valence-corrected chi connectivity index (χ0v) is 11.6. The van der Waals surface area contributed by atoms with Gasteiger partial charge in [-0.2, -0.15) is 5.26 Å². The Morgan fingerprint density at radius 2 is 1.95 bits per heavy atom. The smallest absolute Gasteiger partial charge is 0.243 e. The van der Waals surface area contributed by atoms with E-state index >= 15 is 0 Å². The summed E-state index contributed by atoms with van der Waals surface area (Å²) in [5, 5.41) is 14.6. The number of anilines is 2. The van der Waals surface area contributed by atoms with E-state index in [1.54, 1.807) is 49.6 Å². The molecule has 0 saturated carbocycles. The van der Waals surface area contributed by atoms with Gasteiger partial charge in [0.2, 0.25) is 5.91 Å². The highest BCUT2D eigenvalue weighted by Gasteiger charge is 2.03. The summed E-state index contributed by atoms with van der Waals surface area (Å²) in [6.45, 7) is 0.126. The molecule has 0 aliphatic rings. The highest BCUT2D eigenvalue weighted by atomic mass is 16.5. The fourth-order valence-corrected chi connectivity index (χ4v) is 1.76. The molecule has 2 aromatic rings. The van der Waals surface area contributed by atoms with Crippen LogP contribution in [0.5, 0.6) is 5.75 Å². The monoisotopic (exact) mass is 281 g/mol. The van der Waals surface area contributed by atoms with Gasteiger partial charge in [-0.3, -0.25) is 4.79 Å². The minimum atomic E-state index is -0.164. The Hall–Kier alpha value is -3.00. The van der Waals surface area contributed by atoms with Gasteiger partial charge >= 0.3 is 0 Å². The van der Waals surface area contributed by atoms with Crippen LogP contribution in [0, 0.1) is 11.3 Å². The number of carbonyl (C=O) groups excluding carboxylic acids is 1. The first-order valence-corrected chi connectivity index (χ1v) is 6.39. The lowest BCUT2D eigenvalue weighted by Crippen LogP contribution is -2.21. The van der Waals surface area contributed by atoms with Crippen LogP contribution in [-0.4, -0.2) is 19.6 Å². The fraction of sp³-hybridized carbons (Fsp3) is 0.125. The molecule has 0 bridgehead atoms. The molecule has 2 aromatic carbocycles. The Bertz CT molecular complexity index is 660. The third kappa shape index (κ3) is 4.25. The lowest BCUT2D eigenvalue weighted by Gasteiger charge is -2.08. The van der Waals surface area contributed by atoms with Crippen molar-refractivity contribution in [2.75, 3.05) is 24.3 Å². The highest BCUT2D eigenvalue weighted by molar-refractivity contribution is 5.93. The van der Waals surface area contributed by atoms with Gasteiger partial charge in [0.25, 0.3) is 0 Å². The SMILES string of the molecule is COc1ccc(NC(=O)CNc2cccc(C#N)c2)cc1. The molecule has 0 aromatic heterocycles. The lowest BCUT2D eigenvalue weighted by atomic mass is 10.2. The number of ether oxygens (including phenoxy) is 1. The molecule has 1 amide bonds. The predicted molar refractivity (Wildman–Crippen MR) is 81.3 cm³/mol. The Morgan fingerprint density at radius 1 is 1.19 bits per heavy atom. The number of hydrogen-bond acceptors (Lipinski definition) is 4. The van der Waals surface area contributed by atoms with E-state index in [0.29, 0.717) is 11.3 Å². The van der Waals surface area contributed by atoms with E-state index < -0.39 is 0 Å². The van der Waals surface area contributed by atoms with Crippen molar-refractivity contribution in [3.63, 3.8) is 0 Å². The number of nitrogens with one attached hydrogen (secondary N) is 2. The van der Waals surface area contributed by atoms with Crippen LogP contribution < -0.4 is 15.4 Å². The molecule has 0 unspecified atom stereocenters. The van der Waals surface area contributed by atoms with Crippen molar-refractivity contribution in [2.45, 2.75) is 0 Å². The van der Waals surface area contributed by atoms with Crippen molar-refractivity contribution in [2.24, 2.45) is 0 Å². The molecule has 2 N–H and O–H groups in total. The maximum Gasteiger partial charge on any atom is 0.243 e. The van der Waals surface area contributed by atoms with Gasteiger partial charge in [0.15, 0.2) is 0 Å². The van der Waals surface area contributed by atoms with Crippen molar-refractivity contribution in [1.29, 1.82) is 5.26 Å². The van der Waals surface area contributed by atoms with E-state index in [1.807, 2.05) is 6.07 Å². The Kier molecular flexibility index (Phi) is 4.78. The van der Waals surface area contributed by atoms with Gasteiger partial charge < -0.3 is 15.4 Å². The molecule has 0 heterocycles. The van der Waals surface area contributed by atoms with Crippen molar-refractivity contribution in [3.05, 3.63) is 54.1 Å². The molecular weight excluding hydrogens is 266 g/mol. The molecule has 0 aliphatic carbocycles. The van der Waals surface area contributed by atoms with Crippen LogP contribution in [0.4, 0.5) is 11.4 Å². The maximum absolute atomic E-state index is 11.8. The number of hydrogen-bond donors (Lipinski definition) is 2. The first kappa shape index (κ1) is 14.4. The zero-order chi connectivity index (χ0) is 15.1. The molecule has 0 fully saturated rings. The summed E-state index contributed by atoms with van der Waals surface area (Å²) in [7, 11) is 1.59. The van der Waals surface area contributed by atoms with E-state index in [-0.39, 0.29) is 12.5 Å². The summed E-state index contributed by atoms with van der Waals surface area (Å²) in [4.78, 5) is 11.8. The second-order valence-corrected chi connectivity index (χ2v) is 4.32. The quantitative estimate of drug-likeness (QED) is 0.883. The van der Waals surface area contributed by atoms with E-state index in [2.05, 4.69) is 16.7 Å². The first-order valence-electron chi connectivity index (χ1n) is 6.39. The molecule has 0 atom stereocenters. The van der Waals surface area contributed by atoms with Crippen molar-refractivity contribution in [3.8, 4) is 11.8 Å². The third-order valence-corrected chi connectivity index (χ3v) is 2.82. The molecule has 0 spiro atoms. The average molecular weight is 281 g/mol. The Morgan fingerprint density at radius 3 is 2.62 bits per heavy atom. The minimum absolute atomic E-state index is 0.126. The van der Waals surface area contributed by atoms with E-state index in [9.17, 15) is 4.79 Å². The van der Waals surface area contributed by atoms with Crippen molar-refractivity contribution in [1.82, 2.24) is 0 Å². The number of carbonyl (C=O) groups is 1. The number of rotatable bonds is 5. The third-order valence-electron chi connectivity index (χ3n) is 2.82. The molecule has 0 saturated heterocycles. The van der Waals surface area contributed by atoms with Gasteiger partial charge in [-0.05, 0) is 42.5 Å². The molecule has 0 aliphatic heterocycles. The summed E-state index contributed by atoms with van der Waals surface area (Å²) in [5.74, 6) is 0.571. The molecule has 0 radical (unpaired) electrons. The van der Waals surface area contributed by atoms with E-state index in [1.165, 1.54) is 0 Å². The number of benzene rings is 2. The van der Waals surface area contributed by atoms with E-state index in [4.69, 9.17) is 10.00 Å². The highest BCUT2D eigenvalue weighted by Crippen LogP contribution is 2.15. The summed E-state index contributed by atoms with van der Waals surface area (Å²) in [6, 6.07) is 16.1. The Balaban J connectivity index is 1.88. The van der Waals surface area contributed by atoms with Crippen LogP contribution in [-0.2, 0) is 4.79 Å². The molecule has 5 heteroatoms. The first-order chi connectivity index (χ1) is 10.2.